The summed E-state index contributed by atoms with van der Waals surface area (Å²) in [7, 11) is 1.61. The zero-order valence-corrected chi connectivity index (χ0v) is 15.8. The van der Waals surface area contributed by atoms with Crippen molar-refractivity contribution in [2.45, 2.75) is 6.42 Å². The van der Waals surface area contributed by atoms with Crippen molar-refractivity contribution >= 4 is 11.6 Å². The number of para-hydroxylation sites is 1. The number of ether oxygens (including phenoxy) is 1. The van der Waals surface area contributed by atoms with Crippen LogP contribution in [0.5, 0.6) is 5.75 Å². The van der Waals surface area contributed by atoms with Crippen LogP contribution in [-0.4, -0.2) is 23.2 Å². The third kappa shape index (κ3) is 4.32. The number of carbonyl (C=O) groups is 1. The number of nitrogens with one attached hydrogen (secondary N) is 1. The number of amides is 1. The summed E-state index contributed by atoms with van der Waals surface area (Å²) >= 11 is 0. The molecule has 0 atom stereocenters. The molecule has 0 spiro atoms. The van der Waals surface area contributed by atoms with Gasteiger partial charge >= 0.3 is 0 Å². The number of hydrogen-bond donors (Lipinski definition) is 1. The maximum Gasteiger partial charge on any atom is 0.260 e. The molecule has 3 aromatic carbocycles. The average molecular weight is 385 g/mol. The molecule has 144 valence electrons. The smallest absolute Gasteiger partial charge is 0.260 e. The number of rotatable bonds is 6. The molecular weight excluding hydrogens is 366 g/mol. The zero-order chi connectivity index (χ0) is 20.1. The fraction of sp³-hybridized carbons (Fsp3) is 0.0870. The lowest BCUT2D eigenvalue weighted by Crippen LogP contribution is -2.15. The van der Waals surface area contributed by atoms with E-state index in [1.807, 2.05) is 78.9 Å². The molecule has 0 bridgehead atoms. The van der Waals surface area contributed by atoms with Crippen molar-refractivity contribution < 1.29 is 14.1 Å². The van der Waals surface area contributed by atoms with Crippen molar-refractivity contribution in [3.05, 3.63) is 84.4 Å². The van der Waals surface area contributed by atoms with E-state index in [0.717, 1.165) is 16.9 Å². The van der Waals surface area contributed by atoms with Gasteiger partial charge in [-0.2, -0.15) is 4.98 Å². The second kappa shape index (κ2) is 8.39. The van der Waals surface area contributed by atoms with E-state index in [1.165, 1.54) is 0 Å². The van der Waals surface area contributed by atoms with Gasteiger partial charge in [-0.15, -0.1) is 0 Å². The van der Waals surface area contributed by atoms with E-state index in [-0.39, 0.29) is 12.3 Å². The van der Waals surface area contributed by atoms with Crippen LogP contribution in [-0.2, 0) is 11.2 Å². The summed E-state index contributed by atoms with van der Waals surface area (Å²) in [5, 5.41) is 6.99. The van der Waals surface area contributed by atoms with Crippen LogP contribution in [0.15, 0.2) is 83.4 Å². The molecule has 4 rings (SSSR count). The molecule has 1 heterocycles. The zero-order valence-electron chi connectivity index (χ0n) is 15.8. The van der Waals surface area contributed by atoms with E-state index in [1.54, 1.807) is 7.11 Å². The number of benzene rings is 3. The molecule has 4 aromatic rings. The van der Waals surface area contributed by atoms with Crippen LogP contribution >= 0.6 is 0 Å². The summed E-state index contributed by atoms with van der Waals surface area (Å²) < 4.78 is 10.6. The molecule has 6 heteroatoms. The van der Waals surface area contributed by atoms with Crippen molar-refractivity contribution in [3.63, 3.8) is 0 Å². The lowest BCUT2D eigenvalue weighted by molar-refractivity contribution is -0.115. The van der Waals surface area contributed by atoms with Gasteiger partial charge in [0.1, 0.15) is 5.75 Å². The average Bonchev–Trinajstić information content (AvgIpc) is 3.25. The van der Waals surface area contributed by atoms with Crippen LogP contribution in [0.4, 0.5) is 5.69 Å². The molecule has 0 aliphatic heterocycles. The predicted octanol–water partition coefficient (Wildman–Crippen LogP) is 4.59. The van der Waals surface area contributed by atoms with E-state index in [4.69, 9.17) is 9.26 Å². The van der Waals surface area contributed by atoms with Gasteiger partial charge in [0, 0.05) is 5.56 Å². The number of nitrogens with zero attached hydrogens (tertiary/aromatic N) is 2. The minimum Gasteiger partial charge on any atom is -0.497 e. The van der Waals surface area contributed by atoms with E-state index >= 15 is 0 Å². The Bertz CT molecular complexity index is 1110. The Hall–Kier alpha value is -3.93. The van der Waals surface area contributed by atoms with E-state index < -0.39 is 0 Å². The maximum absolute atomic E-state index is 12.5. The molecule has 0 radical (unpaired) electrons. The Kier molecular flexibility index (Phi) is 5.33. The quantitative estimate of drug-likeness (QED) is 0.525. The highest BCUT2D eigenvalue weighted by atomic mass is 16.5. The van der Waals surface area contributed by atoms with Crippen molar-refractivity contribution in [2.24, 2.45) is 0 Å². The minimum atomic E-state index is -0.134. The fourth-order valence-electron chi connectivity index (χ4n) is 2.94. The third-order valence-electron chi connectivity index (χ3n) is 4.41. The Morgan fingerprint density at radius 2 is 1.69 bits per heavy atom. The lowest BCUT2D eigenvalue weighted by Gasteiger charge is -2.09. The molecule has 1 amide bonds. The van der Waals surface area contributed by atoms with E-state index in [0.29, 0.717) is 23.0 Å². The first kappa shape index (κ1) is 18.4. The monoisotopic (exact) mass is 385 g/mol. The molecule has 0 saturated heterocycles. The normalized spacial score (nSPS) is 10.5. The largest absolute Gasteiger partial charge is 0.497 e. The van der Waals surface area contributed by atoms with Crippen LogP contribution in [0.25, 0.3) is 22.8 Å². The highest BCUT2D eigenvalue weighted by molar-refractivity contribution is 5.95. The van der Waals surface area contributed by atoms with Crippen molar-refractivity contribution in [2.75, 3.05) is 12.4 Å². The van der Waals surface area contributed by atoms with Gasteiger partial charge < -0.3 is 14.6 Å². The maximum atomic E-state index is 12.5. The SMILES string of the molecule is COc1ccc(CC(=O)Nc2ccccc2-c2nc(-c3ccccc3)no2)cc1. The molecule has 1 aromatic heterocycles. The summed E-state index contributed by atoms with van der Waals surface area (Å²) in [4.78, 5) is 17.0. The van der Waals surface area contributed by atoms with E-state index in [2.05, 4.69) is 15.5 Å². The number of carbonyl (C=O) groups excluding carboxylic acids is 1. The summed E-state index contributed by atoms with van der Waals surface area (Å²) in [5.41, 5.74) is 3.05. The topological polar surface area (TPSA) is 77.2 Å². The van der Waals surface area contributed by atoms with Gasteiger partial charge in [0.05, 0.1) is 24.8 Å². The highest BCUT2D eigenvalue weighted by Gasteiger charge is 2.15. The number of anilines is 1. The first-order valence-electron chi connectivity index (χ1n) is 9.14. The first-order chi connectivity index (χ1) is 14.2. The number of hydrogen-bond acceptors (Lipinski definition) is 5. The van der Waals surface area contributed by atoms with Gasteiger partial charge in [0.25, 0.3) is 5.89 Å². The Morgan fingerprint density at radius 3 is 2.45 bits per heavy atom. The van der Waals surface area contributed by atoms with Gasteiger partial charge in [-0.05, 0) is 29.8 Å². The van der Waals surface area contributed by atoms with Crippen LogP contribution in [0.3, 0.4) is 0 Å². The summed E-state index contributed by atoms with van der Waals surface area (Å²) in [6.45, 7) is 0. The van der Waals surface area contributed by atoms with Gasteiger partial charge in [-0.25, -0.2) is 0 Å². The molecule has 0 saturated carbocycles. The molecule has 0 unspecified atom stereocenters. The summed E-state index contributed by atoms with van der Waals surface area (Å²) in [6, 6.07) is 24.4. The summed E-state index contributed by atoms with van der Waals surface area (Å²) in [6.07, 6.45) is 0.247. The minimum absolute atomic E-state index is 0.134. The highest BCUT2D eigenvalue weighted by Crippen LogP contribution is 2.28. The second-order valence-corrected chi connectivity index (χ2v) is 6.41. The van der Waals surface area contributed by atoms with Crippen molar-refractivity contribution in [1.82, 2.24) is 10.1 Å². The standard InChI is InChI=1S/C23H19N3O3/c1-28-18-13-11-16(12-14-18)15-21(27)24-20-10-6-5-9-19(20)23-25-22(26-29-23)17-7-3-2-4-8-17/h2-14H,15H2,1H3,(H,24,27). The number of methoxy groups -OCH3 is 1. The molecular formula is C23H19N3O3. The van der Waals surface area contributed by atoms with Gasteiger partial charge in [0.2, 0.25) is 11.7 Å². The fourth-order valence-corrected chi connectivity index (χ4v) is 2.94. The van der Waals surface area contributed by atoms with Crippen LogP contribution in [0.1, 0.15) is 5.56 Å². The third-order valence-corrected chi connectivity index (χ3v) is 4.41. The lowest BCUT2D eigenvalue weighted by atomic mass is 10.1. The van der Waals surface area contributed by atoms with E-state index in [9.17, 15) is 4.79 Å². The Balaban J connectivity index is 1.52. The van der Waals surface area contributed by atoms with Gasteiger partial charge in [0.15, 0.2) is 0 Å². The molecule has 0 fully saturated rings. The van der Waals surface area contributed by atoms with Gasteiger partial charge in [-0.1, -0.05) is 59.8 Å². The van der Waals surface area contributed by atoms with Crippen molar-refractivity contribution in [1.29, 1.82) is 0 Å². The Morgan fingerprint density at radius 1 is 0.966 bits per heavy atom. The van der Waals surface area contributed by atoms with Crippen LogP contribution in [0, 0.1) is 0 Å². The van der Waals surface area contributed by atoms with Crippen LogP contribution in [0.2, 0.25) is 0 Å². The molecule has 0 aliphatic carbocycles. The summed E-state index contributed by atoms with van der Waals surface area (Å²) in [5.74, 6) is 1.47. The molecule has 1 N–H and O–H groups in total. The Labute approximate surface area is 168 Å². The predicted molar refractivity (Wildman–Crippen MR) is 110 cm³/mol. The molecule has 29 heavy (non-hydrogen) atoms. The van der Waals surface area contributed by atoms with Gasteiger partial charge in [-0.3, -0.25) is 4.79 Å². The molecule has 0 aliphatic rings. The molecule has 6 nitrogen and oxygen atoms in total. The van der Waals surface area contributed by atoms with Crippen LogP contribution < -0.4 is 10.1 Å². The van der Waals surface area contributed by atoms with Crippen molar-refractivity contribution in [3.8, 4) is 28.6 Å². The first-order valence-corrected chi connectivity index (χ1v) is 9.14. The number of aromatic nitrogens is 2. The second-order valence-electron chi connectivity index (χ2n) is 6.41.